The van der Waals surface area contributed by atoms with E-state index >= 15 is 0 Å². The molecular formula is C7H9BrN2O. The van der Waals surface area contributed by atoms with Crippen LogP contribution in [0.5, 0.6) is 0 Å². The lowest BCUT2D eigenvalue weighted by atomic mass is 10.3. The first-order valence-electron chi connectivity index (χ1n) is 3.27. The lowest BCUT2D eigenvalue weighted by Gasteiger charge is -1.89. The van der Waals surface area contributed by atoms with Crippen LogP contribution in [-0.2, 0) is 0 Å². The maximum atomic E-state index is 11.1. The van der Waals surface area contributed by atoms with Crippen molar-refractivity contribution in [2.45, 2.75) is 13.8 Å². The average molecular weight is 217 g/mol. The van der Waals surface area contributed by atoms with E-state index in [9.17, 15) is 4.79 Å². The highest BCUT2D eigenvalue weighted by Gasteiger charge is 2.10. The van der Waals surface area contributed by atoms with Crippen LogP contribution in [-0.4, -0.2) is 21.1 Å². The van der Waals surface area contributed by atoms with Gasteiger partial charge in [-0.05, 0) is 13.8 Å². The maximum Gasteiger partial charge on any atom is 0.193 e. The van der Waals surface area contributed by atoms with E-state index in [0.717, 1.165) is 11.5 Å². The van der Waals surface area contributed by atoms with Gasteiger partial charge in [-0.1, -0.05) is 15.9 Å². The minimum atomic E-state index is 0.0202. The van der Waals surface area contributed by atoms with Crippen molar-refractivity contribution in [1.29, 1.82) is 0 Å². The fourth-order valence-corrected chi connectivity index (χ4v) is 1.21. The number of ketones is 1. The number of rotatable bonds is 2. The molecule has 1 heterocycles. The molecular weight excluding hydrogens is 208 g/mol. The number of Topliss-reactive ketones (excluding diaryl/α,β-unsaturated/α-hetero) is 1. The number of hydrogen-bond donors (Lipinski definition) is 1. The van der Waals surface area contributed by atoms with Gasteiger partial charge in [0.15, 0.2) is 5.78 Å². The van der Waals surface area contributed by atoms with Gasteiger partial charge in [0.25, 0.3) is 0 Å². The maximum absolute atomic E-state index is 11.1. The molecule has 4 heteroatoms. The molecule has 1 N–H and O–H groups in total. The molecule has 0 amide bonds. The van der Waals surface area contributed by atoms with Crippen LogP contribution >= 0.6 is 15.9 Å². The van der Waals surface area contributed by atoms with Crippen molar-refractivity contribution in [3.63, 3.8) is 0 Å². The highest BCUT2D eigenvalue weighted by atomic mass is 79.9. The lowest BCUT2D eigenvalue weighted by molar-refractivity contribution is 0.101. The summed E-state index contributed by atoms with van der Waals surface area (Å²) in [7, 11) is 0. The second kappa shape index (κ2) is 3.17. The van der Waals surface area contributed by atoms with Gasteiger partial charge in [0.2, 0.25) is 0 Å². The first-order chi connectivity index (χ1) is 5.15. The number of aromatic nitrogens is 2. The molecule has 1 aromatic heterocycles. The van der Waals surface area contributed by atoms with Crippen LogP contribution in [0.1, 0.15) is 22.0 Å². The molecule has 0 saturated heterocycles. The van der Waals surface area contributed by atoms with Gasteiger partial charge in [0, 0.05) is 5.69 Å². The molecule has 3 nitrogen and oxygen atoms in total. The Morgan fingerprint density at radius 3 is 2.64 bits per heavy atom. The predicted octanol–water partition coefficient (Wildman–Crippen LogP) is 1.60. The highest BCUT2D eigenvalue weighted by molar-refractivity contribution is 9.09. The first-order valence-corrected chi connectivity index (χ1v) is 4.39. The van der Waals surface area contributed by atoms with Crippen LogP contribution < -0.4 is 0 Å². The number of alkyl halides is 1. The van der Waals surface area contributed by atoms with Crippen LogP contribution in [0.3, 0.4) is 0 Å². The van der Waals surface area contributed by atoms with E-state index in [1.165, 1.54) is 0 Å². The van der Waals surface area contributed by atoms with Crippen LogP contribution in [0.15, 0.2) is 0 Å². The third-order valence-corrected chi connectivity index (χ3v) is 1.90. The Kier molecular flexibility index (Phi) is 2.44. The Bertz CT molecular complexity index is 280. The van der Waals surface area contributed by atoms with Gasteiger partial charge in [0.05, 0.1) is 5.33 Å². The number of hydrogen-bond acceptors (Lipinski definition) is 2. The number of aromatic amines is 1. The fourth-order valence-electron chi connectivity index (χ4n) is 0.945. The third-order valence-electron chi connectivity index (χ3n) is 1.39. The quantitative estimate of drug-likeness (QED) is 0.604. The lowest BCUT2D eigenvalue weighted by Crippen LogP contribution is -2.02. The third kappa shape index (κ3) is 1.68. The fraction of sp³-hybridized carbons (Fsp3) is 0.429. The molecule has 0 fully saturated rings. The summed E-state index contributed by atoms with van der Waals surface area (Å²) >= 11 is 3.09. The zero-order chi connectivity index (χ0) is 8.43. The molecule has 0 aliphatic heterocycles. The summed E-state index contributed by atoms with van der Waals surface area (Å²) in [6, 6.07) is 0. The number of H-pyrrole nitrogens is 1. The smallest absolute Gasteiger partial charge is 0.193 e. The Morgan fingerprint density at radius 1 is 1.64 bits per heavy atom. The zero-order valence-electron chi connectivity index (χ0n) is 6.44. The zero-order valence-corrected chi connectivity index (χ0v) is 8.03. The minimum absolute atomic E-state index is 0.0202. The van der Waals surface area contributed by atoms with Gasteiger partial charge in [-0.15, -0.1) is 0 Å². The van der Waals surface area contributed by atoms with Crippen LogP contribution in [0, 0.1) is 13.8 Å². The summed E-state index contributed by atoms with van der Waals surface area (Å²) in [5.41, 5.74) is 1.38. The largest absolute Gasteiger partial charge is 0.346 e. The molecule has 1 rings (SSSR count). The number of nitrogens with zero attached hydrogens (tertiary/aromatic N) is 1. The van der Waals surface area contributed by atoms with E-state index in [2.05, 4.69) is 25.9 Å². The normalized spacial score (nSPS) is 10.1. The Balaban J connectivity index is 3.03. The molecule has 0 spiro atoms. The van der Waals surface area contributed by atoms with E-state index in [1.807, 2.05) is 13.8 Å². The molecule has 1 aromatic rings. The van der Waals surface area contributed by atoms with Crippen LogP contribution in [0.4, 0.5) is 0 Å². The molecule has 0 bridgehead atoms. The van der Waals surface area contributed by atoms with Crippen LogP contribution in [0.2, 0.25) is 0 Å². The van der Waals surface area contributed by atoms with Crippen molar-refractivity contribution >= 4 is 21.7 Å². The van der Waals surface area contributed by atoms with Crippen molar-refractivity contribution < 1.29 is 4.79 Å². The van der Waals surface area contributed by atoms with Gasteiger partial charge < -0.3 is 4.98 Å². The molecule has 0 aromatic carbocycles. The number of aryl methyl sites for hydroxylation is 2. The van der Waals surface area contributed by atoms with Crippen LogP contribution in [0.25, 0.3) is 0 Å². The second-order valence-corrected chi connectivity index (χ2v) is 2.91. The van der Waals surface area contributed by atoms with Crippen molar-refractivity contribution in [2.24, 2.45) is 0 Å². The Hall–Kier alpha value is -0.640. The predicted molar refractivity (Wildman–Crippen MR) is 46.2 cm³/mol. The van der Waals surface area contributed by atoms with Crippen molar-refractivity contribution in [2.75, 3.05) is 5.33 Å². The molecule has 11 heavy (non-hydrogen) atoms. The summed E-state index contributed by atoms with van der Waals surface area (Å²) in [6.07, 6.45) is 0. The summed E-state index contributed by atoms with van der Waals surface area (Å²) in [5.74, 6) is 0.804. The SMILES string of the molecule is Cc1nc(C(=O)CBr)c(C)[nH]1. The molecule has 0 aliphatic rings. The molecule has 60 valence electrons. The van der Waals surface area contributed by atoms with E-state index in [0.29, 0.717) is 11.0 Å². The second-order valence-electron chi connectivity index (χ2n) is 2.35. The number of carbonyl (C=O) groups excluding carboxylic acids is 1. The van der Waals surface area contributed by atoms with Crippen molar-refractivity contribution in [1.82, 2.24) is 9.97 Å². The summed E-state index contributed by atoms with van der Waals surface area (Å²) in [4.78, 5) is 18.1. The number of nitrogens with one attached hydrogen (secondary N) is 1. The van der Waals surface area contributed by atoms with Gasteiger partial charge in [-0.25, -0.2) is 4.98 Å². The number of imidazole rings is 1. The van der Waals surface area contributed by atoms with E-state index in [-0.39, 0.29) is 5.78 Å². The average Bonchev–Trinajstić information content (AvgIpc) is 2.28. The molecule has 0 aliphatic carbocycles. The van der Waals surface area contributed by atoms with Gasteiger partial charge in [-0.3, -0.25) is 4.79 Å². The summed E-state index contributed by atoms with van der Waals surface area (Å²) < 4.78 is 0. The van der Waals surface area contributed by atoms with E-state index in [1.54, 1.807) is 0 Å². The van der Waals surface area contributed by atoms with Gasteiger partial charge in [-0.2, -0.15) is 0 Å². The topological polar surface area (TPSA) is 45.8 Å². The minimum Gasteiger partial charge on any atom is -0.346 e. The van der Waals surface area contributed by atoms with Gasteiger partial charge in [0.1, 0.15) is 11.5 Å². The molecule has 0 unspecified atom stereocenters. The first kappa shape index (κ1) is 8.46. The molecule has 0 atom stereocenters. The molecule has 0 saturated carbocycles. The Labute approximate surface area is 73.3 Å². The number of carbonyl (C=O) groups is 1. The summed E-state index contributed by atoms with van der Waals surface area (Å²) in [5, 5.41) is 0.331. The van der Waals surface area contributed by atoms with Gasteiger partial charge >= 0.3 is 0 Å². The van der Waals surface area contributed by atoms with E-state index < -0.39 is 0 Å². The van der Waals surface area contributed by atoms with Crippen molar-refractivity contribution in [3.05, 3.63) is 17.2 Å². The van der Waals surface area contributed by atoms with Crippen molar-refractivity contribution in [3.8, 4) is 0 Å². The summed E-state index contributed by atoms with van der Waals surface area (Å²) in [6.45, 7) is 3.67. The molecule has 0 radical (unpaired) electrons. The standard InChI is InChI=1S/C7H9BrN2O/c1-4-7(6(11)3-8)10-5(2)9-4/h3H2,1-2H3,(H,9,10). The monoisotopic (exact) mass is 216 g/mol. The van der Waals surface area contributed by atoms with E-state index in [4.69, 9.17) is 0 Å². The highest BCUT2D eigenvalue weighted by Crippen LogP contribution is 2.06. The number of halogens is 1. The Morgan fingerprint density at radius 2 is 2.27 bits per heavy atom.